The summed E-state index contributed by atoms with van der Waals surface area (Å²) >= 11 is 3.27. The Kier molecular flexibility index (Phi) is 5.78. The number of rotatable bonds is 5. The van der Waals surface area contributed by atoms with Crippen molar-refractivity contribution in [3.8, 4) is 6.07 Å². The maximum absolute atomic E-state index is 11.7. The number of hydrogen-bond donors (Lipinski definition) is 2. The summed E-state index contributed by atoms with van der Waals surface area (Å²) in [6, 6.07) is 7.10. The number of nitrogens with zero attached hydrogens (tertiary/aromatic N) is 1. The van der Waals surface area contributed by atoms with Crippen molar-refractivity contribution in [1.82, 2.24) is 0 Å². The van der Waals surface area contributed by atoms with Gasteiger partial charge in [0.15, 0.2) is 0 Å². The van der Waals surface area contributed by atoms with Crippen molar-refractivity contribution in [2.24, 2.45) is 5.73 Å². The fourth-order valence-electron chi connectivity index (χ4n) is 1.39. The van der Waals surface area contributed by atoms with Crippen LogP contribution in [0, 0.1) is 11.3 Å². The summed E-state index contributed by atoms with van der Waals surface area (Å²) in [5.74, 6) is -0.230. The second-order valence-electron chi connectivity index (χ2n) is 3.65. The molecule has 1 aromatic rings. The molecule has 0 heterocycles. The maximum atomic E-state index is 11.7. The Hall–Kier alpha value is -1.42. The summed E-state index contributed by atoms with van der Waals surface area (Å²) in [6.07, 6.45) is -0.153. The van der Waals surface area contributed by atoms with E-state index in [-0.39, 0.29) is 25.0 Å². The van der Waals surface area contributed by atoms with Crippen molar-refractivity contribution < 1.29 is 9.53 Å². The predicted molar refractivity (Wildman–Crippen MR) is 72.0 cm³/mol. The van der Waals surface area contributed by atoms with Crippen molar-refractivity contribution in [2.75, 3.05) is 19.0 Å². The number of nitrogens with two attached hydrogens (primary N) is 1. The van der Waals surface area contributed by atoms with Gasteiger partial charge >= 0.3 is 0 Å². The van der Waals surface area contributed by atoms with Crippen molar-refractivity contribution in [3.05, 3.63) is 28.2 Å². The molecule has 1 amide bonds. The second-order valence-corrected chi connectivity index (χ2v) is 4.56. The van der Waals surface area contributed by atoms with E-state index in [9.17, 15) is 4.79 Å². The minimum Gasteiger partial charge on any atom is -0.380 e. The van der Waals surface area contributed by atoms with E-state index >= 15 is 0 Å². The van der Waals surface area contributed by atoms with Crippen LogP contribution in [0.3, 0.4) is 0 Å². The molecule has 0 aliphatic rings. The number of benzene rings is 1. The fraction of sp³-hybridized carbons (Fsp3) is 0.333. The highest BCUT2D eigenvalue weighted by Crippen LogP contribution is 2.20. The number of nitrogens with one attached hydrogen (secondary N) is 1. The van der Waals surface area contributed by atoms with E-state index in [1.807, 2.05) is 6.07 Å². The molecule has 0 fully saturated rings. The largest absolute Gasteiger partial charge is 0.380 e. The smallest absolute Gasteiger partial charge is 0.227 e. The second kappa shape index (κ2) is 7.11. The lowest BCUT2D eigenvalue weighted by atomic mass is 10.2. The number of carbonyl (C=O) groups is 1. The van der Waals surface area contributed by atoms with Crippen LogP contribution in [0.25, 0.3) is 0 Å². The van der Waals surface area contributed by atoms with Gasteiger partial charge in [-0.2, -0.15) is 5.26 Å². The van der Waals surface area contributed by atoms with E-state index in [2.05, 4.69) is 21.2 Å². The molecule has 0 saturated carbocycles. The normalized spacial score (nSPS) is 11.7. The standard InChI is InChI=1S/C12H14BrN3O2/c1-18-10(7-15)5-12(17)16-11-3-2-9(13)4-8(11)6-14/h2-4,10H,5,7,15H2,1H3,(H,16,17). The molecule has 0 aliphatic heterocycles. The minimum absolute atomic E-state index is 0.161. The molecule has 0 aliphatic carbocycles. The van der Waals surface area contributed by atoms with Crippen LogP contribution in [0.15, 0.2) is 22.7 Å². The number of amides is 1. The molecular formula is C12H14BrN3O2. The Balaban J connectivity index is 2.73. The average molecular weight is 312 g/mol. The summed E-state index contributed by atoms with van der Waals surface area (Å²) in [6.45, 7) is 0.273. The molecule has 0 radical (unpaired) electrons. The third-order valence-electron chi connectivity index (χ3n) is 2.39. The third-order valence-corrected chi connectivity index (χ3v) is 2.88. The first-order valence-corrected chi connectivity index (χ1v) is 6.12. The van der Waals surface area contributed by atoms with E-state index in [1.165, 1.54) is 7.11 Å². The Morgan fingerprint density at radius 3 is 2.94 bits per heavy atom. The third kappa shape index (κ3) is 4.11. The molecule has 1 rings (SSSR count). The zero-order valence-electron chi connectivity index (χ0n) is 9.94. The average Bonchev–Trinajstić information content (AvgIpc) is 2.38. The number of nitriles is 1. The van der Waals surface area contributed by atoms with Crippen LogP contribution in [0.4, 0.5) is 5.69 Å². The Labute approximate surface area is 114 Å². The minimum atomic E-state index is -0.314. The van der Waals surface area contributed by atoms with E-state index in [0.717, 1.165) is 4.47 Å². The van der Waals surface area contributed by atoms with E-state index in [4.69, 9.17) is 15.7 Å². The van der Waals surface area contributed by atoms with Crippen LogP contribution in [-0.2, 0) is 9.53 Å². The quantitative estimate of drug-likeness (QED) is 0.865. The van der Waals surface area contributed by atoms with Gasteiger partial charge in [-0.05, 0) is 18.2 Å². The van der Waals surface area contributed by atoms with Crippen LogP contribution in [0.2, 0.25) is 0 Å². The molecule has 96 valence electrons. The van der Waals surface area contributed by atoms with Gasteiger partial charge in [-0.25, -0.2) is 0 Å². The topological polar surface area (TPSA) is 88.1 Å². The van der Waals surface area contributed by atoms with Crippen molar-refractivity contribution in [3.63, 3.8) is 0 Å². The summed E-state index contributed by atoms with van der Waals surface area (Å²) in [5.41, 5.74) is 6.32. The Morgan fingerprint density at radius 2 is 2.39 bits per heavy atom. The van der Waals surface area contributed by atoms with Crippen LogP contribution < -0.4 is 11.1 Å². The van der Waals surface area contributed by atoms with Crippen LogP contribution in [0.1, 0.15) is 12.0 Å². The fourth-order valence-corrected chi connectivity index (χ4v) is 1.75. The van der Waals surface area contributed by atoms with Gasteiger partial charge in [-0.15, -0.1) is 0 Å². The first-order valence-electron chi connectivity index (χ1n) is 5.33. The maximum Gasteiger partial charge on any atom is 0.227 e. The molecule has 5 nitrogen and oxygen atoms in total. The van der Waals surface area contributed by atoms with Crippen LogP contribution in [-0.4, -0.2) is 25.7 Å². The molecular weight excluding hydrogens is 298 g/mol. The summed E-state index contributed by atoms with van der Waals surface area (Å²) in [4.78, 5) is 11.7. The van der Waals surface area contributed by atoms with Crippen LogP contribution >= 0.6 is 15.9 Å². The molecule has 0 saturated heterocycles. The molecule has 1 atom stereocenters. The van der Waals surface area contributed by atoms with E-state index in [0.29, 0.717) is 11.3 Å². The number of methoxy groups -OCH3 is 1. The van der Waals surface area contributed by atoms with Gasteiger partial charge in [0, 0.05) is 18.1 Å². The molecule has 0 spiro atoms. The summed E-state index contributed by atoms with van der Waals surface area (Å²) in [5, 5.41) is 11.6. The molecule has 3 N–H and O–H groups in total. The highest BCUT2D eigenvalue weighted by Gasteiger charge is 2.13. The van der Waals surface area contributed by atoms with Crippen LogP contribution in [0.5, 0.6) is 0 Å². The van der Waals surface area contributed by atoms with Crippen molar-refractivity contribution in [1.29, 1.82) is 5.26 Å². The zero-order valence-corrected chi connectivity index (χ0v) is 11.5. The zero-order chi connectivity index (χ0) is 13.5. The lowest BCUT2D eigenvalue weighted by Crippen LogP contribution is -2.28. The number of hydrogen-bond acceptors (Lipinski definition) is 4. The summed E-state index contributed by atoms with van der Waals surface area (Å²) < 4.78 is 5.81. The number of carbonyl (C=O) groups excluding carboxylic acids is 1. The van der Waals surface area contributed by atoms with Gasteiger partial charge in [0.05, 0.1) is 23.8 Å². The molecule has 1 unspecified atom stereocenters. The highest BCUT2D eigenvalue weighted by atomic mass is 79.9. The van der Waals surface area contributed by atoms with Gasteiger partial charge in [0.2, 0.25) is 5.91 Å². The first kappa shape index (κ1) is 14.6. The Bertz CT molecular complexity index is 467. The predicted octanol–water partition coefficient (Wildman–Crippen LogP) is 1.62. The molecule has 0 aromatic heterocycles. The molecule has 6 heteroatoms. The lowest BCUT2D eigenvalue weighted by Gasteiger charge is -2.13. The van der Waals surface area contributed by atoms with Crippen molar-refractivity contribution >= 4 is 27.5 Å². The van der Waals surface area contributed by atoms with E-state index < -0.39 is 0 Å². The Morgan fingerprint density at radius 1 is 1.67 bits per heavy atom. The van der Waals surface area contributed by atoms with Gasteiger partial charge in [0.1, 0.15) is 6.07 Å². The number of halogens is 1. The lowest BCUT2D eigenvalue weighted by molar-refractivity contribution is -0.118. The first-order chi connectivity index (χ1) is 8.60. The SMILES string of the molecule is COC(CN)CC(=O)Nc1ccc(Br)cc1C#N. The van der Waals surface area contributed by atoms with Gasteiger partial charge < -0.3 is 15.8 Å². The van der Waals surface area contributed by atoms with Crippen molar-refractivity contribution in [2.45, 2.75) is 12.5 Å². The van der Waals surface area contributed by atoms with E-state index in [1.54, 1.807) is 18.2 Å². The monoisotopic (exact) mass is 311 g/mol. The summed E-state index contributed by atoms with van der Waals surface area (Å²) in [7, 11) is 1.51. The number of anilines is 1. The molecule has 18 heavy (non-hydrogen) atoms. The van der Waals surface area contributed by atoms with Gasteiger partial charge in [-0.1, -0.05) is 15.9 Å². The highest BCUT2D eigenvalue weighted by molar-refractivity contribution is 9.10. The van der Waals surface area contributed by atoms with Gasteiger partial charge in [0.25, 0.3) is 0 Å². The van der Waals surface area contributed by atoms with Gasteiger partial charge in [-0.3, -0.25) is 4.79 Å². The number of ether oxygens (including phenoxy) is 1. The molecule has 1 aromatic carbocycles. The molecule has 0 bridgehead atoms.